The van der Waals surface area contributed by atoms with Gasteiger partial charge >= 0.3 is 5.97 Å². The van der Waals surface area contributed by atoms with E-state index >= 15 is 0 Å². The van der Waals surface area contributed by atoms with Gasteiger partial charge in [0.15, 0.2) is 11.5 Å². The molecule has 0 atom stereocenters. The Balaban J connectivity index is 2.65. The average Bonchev–Trinajstić information content (AvgIpc) is 2.35. The van der Waals surface area contributed by atoms with E-state index in [2.05, 4.69) is 0 Å². The van der Waals surface area contributed by atoms with E-state index in [1.807, 2.05) is 6.08 Å². The fourth-order valence-corrected chi connectivity index (χ4v) is 1.23. The molecule has 0 aliphatic rings. The van der Waals surface area contributed by atoms with Crippen LogP contribution >= 0.6 is 0 Å². The summed E-state index contributed by atoms with van der Waals surface area (Å²) in [5.41, 5.74) is 0.872. The van der Waals surface area contributed by atoms with E-state index in [-0.39, 0.29) is 5.75 Å². The van der Waals surface area contributed by atoms with Crippen molar-refractivity contribution in [3.8, 4) is 11.5 Å². The SMILES string of the molecule is COc1cc(/C=C/C=C/C=C/C(=O)O)ccc1O. The second kappa shape index (κ2) is 6.96. The summed E-state index contributed by atoms with van der Waals surface area (Å²) < 4.78 is 4.98. The van der Waals surface area contributed by atoms with E-state index in [1.54, 1.807) is 36.4 Å². The third kappa shape index (κ3) is 4.57. The number of aliphatic carboxylic acids is 1. The predicted molar refractivity (Wildman–Crippen MR) is 69.6 cm³/mol. The van der Waals surface area contributed by atoms with Gasteiger partial charge < -0.3 is 14.9 Å². The molecule has 0 heterocycles. The minimum absolute atomic E-state index is 0.0922. The first-order chi connectivity index (χ1) is 8.63. The molecule has 0 bridgehead atoms. The Morgan fingerprint density at radius 1 is 1.22 bits per heavy atom. The highest BCUT2D eigenvalue weighted by Crippen LogP contribution is 2.26. The van der Waals surface area contributed by atoms with Crippen LogP contribution < -0.4 is 4.74 Å². The van der Waals surface area contributed by atoms with E-state index in [1.165, 1.54) is 13.2 Å². The Hall–Kier alpha value is -2.49. The van der Waals surface area contributed by atoms with E-state index < -0.39 is 5.97 Å². The Bertz CT molecular complexity index is 499. The lowest BCUT2D eigenvalue weighted by Gasteiger charge is -2.03. The predicted octanol–water partition coefficient (Wildman–Crippen LogP) is 2.61. The molecule has 4 nitrogen and oxygen atoms in total. The van der Waals surface area contributed by atoms with Crippen LogP contribution in [0.4, 0.5) is 0 Å². The van der Waals surface area contributed by atoms with E-state index in [0.29, 0.717) is 5.75 Å². The number of rotatable bonds is 5. The van der Waals surface area contributed by atoms with E-state index in [9.17, 15) is 9.90 Å². The highest BCUT2D eigenvalue weighted by Gasteiger charge is 1.99. The monoisotopic (exact) mass is 246 g/mol. The Kier molecular flexibility index (Phi) is 5.25. The van der Waals surface area contributed by atoms with Crippen LogP contribution in [0.3, 0.4) is 0 Å². The topological polar surface area (TPSA) is 66.8 Å². The van der Waals surface area contributed by atoms with Crippen molar-refractivity contribution in [1.82, 2.24) is 0 Å². The van der Waals surface area contributed by atoms with Gasteiger partial charge in [-0.25, -0.2) is 4.79 Å². The molecule has 94 valence electrons. The summed E-state index contributed by atoms with van der Waals surface area (Å²) in [4.78, 5) is 10.2. The molecule has 0 aromatic heterocycles. The van der Waals surface area contributed by atoms with Gasteiger partial charge in [-0.05, 0) is 17.7 Å². The van der Waals surface area contributed by atoms with Crippen molar-refractivity contribution in [2.75, 3.05) is 7.11 Å². The van der Waals surface area contributed by atoms with Crippen molar-refractivity contribution in [2.45, 2.75) is 0 Å². The highest BCUT2D eigenvalue weighted by atomic mass is 16.5. The molecule has 0 unspecified atom stereocenters. The minimum atomic E-state index is -0.980. The molecule has 1 aromatic rings. The normalized spacial score (nSPS) is 11.6. The van der Waals surface area contributed by atoms with Gasteiger partial charge in [0, 0.05) is 6.08 Å². The minimum Gasteiger partial charge on any atom is -0.504 e. The molecular formula is C14H14O4. The number of allylic oxidation sites excluding steroid dienone is 4. The second-order valence-corrected chi connectivity index (χ2v) is 3.37. The van der Waals surface area contributed by atoms with Crippen LogP contribution in [0, 0.1) is 0 Å². The van der Waals surface area contributed by atoms with Crippen LogP contribution in [0.25, 0.3) is 6.08 Å². The molecule has 0 amide bonds. The van der Waals surface area contributed by atoms with Crippen molar-refractivity contribution in [3.05, 3.63) is 54.1 Å². The molecule has 0 aliphatic heterocycles. The maximum absolute atomic E-state index is 10.2. The third-order valence-electron chi connectivity index (χ3n) is 2.06. The Morgan fingerprint density at radius 2 is 1.94 bits per heavy atom. The van der Waals surface area contributed by atoms with Crippen LogP contribution in [0.5, 0.6) is 11.5 Å². The quantitative estimate of drug-likeness (QED) is 0.619. The first kappa shape index (κ1) is 13.6. The van der Waals surface area contributed by atoms with Gasteiger partial charge in [-0.2, -0.15) is 0 Å². The summed E-state index contributed by atoms with van der Waals surface area (Å²) >= 11 is 0. The fourth-order valence-electron chi connectivity index (χ4n) is 1.23. The van der Waals surface area contributed by atoms with E-state index in [0.717, 1.165) is 11.6 Å². The van der Waals surface area contributed by atoms with Crippen molar-refractivity contribution >= 4 is 12.0 Å². The van der Waals surface area contributed by atoms with Crippen LogP contribution in [0.15, 0.2) is 48.6 Å². The number of carboxylic acids is 1. The van der Waals surface area contributed by atoms with Crippen molar-refractivity contribution in [1.29, 1.82) is 0 Å². The molecule has 0 spiro atoms. The summed E-state index contributed by atoms with van der Waals surface area (Å²) in [6, 6.07) is 4.99. The van der Waals surface area contributed by atoms with Gasteiger partial charge in [0.1, 0.15) is 0 Å². The third-order valence-corrected chi connectivity index (χ3v) is 2.06. The van der Waals surface area contributed by atoms with Crippen LogP contribution in [0.2, 0.25) is 0 Å². The average molecular weight is 246 g/mol. The van der Waals surface area contributed by atoms with Crippen molar-refractivity contribution < 1.29 is 19.7 Å². The number of ether oxygens (including phenoxy) is 1. The zero-order chi connectivity index (χ0) is 13.4. The lowest BCUT2D eigenvalue weighted by Crippen LogP contribution is -1.84. The molecule has 4 heteroatoms. The van der Waals surface area contributed by atoms with Crippen molar-refractivity contribution in [2.24, 2.45) is 0 Å². The molecular weight excluding hydrogens is 232 g/mol. The summed E-state index contributed by atoms with van der Waals surface area (Å²) in [6.07, 6.45) is 9.38. The number of hydrogen-bond acceptors (Lipinski definition) is 3. The number of carboxylic acid groups (broad SMARTS) is 1. The van der Waals surface area contributed by atoms with Gasteiger partial charge in [0.25, 0.3) is 0 Å². The molecule has 1 rings (SSSR count). The second-order valence-electron chi connectivity index (χ2n) is 3.37. The first-order valence-corrected chi connectivity index (χ1v) is 5.25. The van der Waals surface area contributed by atoms with Gasteiger partial charge in [-0.3, -0.25) is 0 Å². The zero-order valence-corrected chi connectivity index (χ0v) is 9.91. The van der Waals surface area contributed by atoms with Crippen molar-refractivity contribution in [3.63, 3.8) is 0 Å². The maximum atomic E-state index is 10.2. The molecule has 0 radical (unpaired) electrons. The lowest BCUT2D eigenvalue weighted by molar-refractivity contribution is -0.131. The van der Waals surface area contributed by atoms with Gasteiger partial charge in [-0.15, -0.1) is 0 Å². The molecule has 1 aromatic carbocycles. The summed E-state index contributed by atoms with van der Waals surface area (Å²) in [6.45, 7) is 0. The lowest BCUT2D eigenvalue weighted by atomic mass is 10.2. The molecule has 18 heavy (non-hydrogen) atoms. The largest absolute Gasteiger partial charge is 0.504 e. The van der Waals surface area contributed by atoms with Gasteiger partial charge in [0.2, 0.25) is 0 Å². The number of methoxy groups -OCH3 is 1. The Morgan fingerprint density at radius 3 is 2.61 bits per heavy atom. The maximum Gasteiger partial charge on any atom is 0.328 e. The highest BCUT2D eigenvalue weighted by molar-refractivity contribution is 5.80. The zero-order valence-electron chi connectivity index (χ0n) is 9.91. The Labute approximate surface area is 105 Å². The molecule has 0 saturated heterocycles. The van der Waals surface area contributed by atoms with Crippen LogP contribution in [0.1, 0.15) is 5.56 Å². The number of aromatic hydroxyl groups is 1. The first-order valence-electron chi connectivity index (χ1n) is 5.25. The van der Waals surface area contributed by atoms with Crippen LogP contribution in [-0.4, -0.2) is 23.3 Å². The molecule has 0 aliphatic carbocycles. The number of phenols is 1. The summed E-state index contributed by atoms with van der Waals surface area (Å²) in [5.74, 6) is -0.478. The summed E-state index contributed by atoms with van der Waals surface area (Å²) in [5, 5.41) is 17.8. The van der Waals surface area contributed by atoms with Gasteiger partial charge in [-0.1, -0.05) is 36.4 Å². The van der Waals surface area contributed by atoms with Crippen LogP contribution in [-0.2, 0) is 4.79 Å². The summed E-state index contributed by atoms with van der Waals surface area (Å²) in [7, 11) is 1.49. The molecule has 2 N–H and O–H groups in total. The van der Waals surface area contributed by atoms with E-state index in [4.69, 9.17) is 9.84 Å². The number of benzene rings is 1. The number of carbonyl (C=O) groups is 1. The molecule has 0 saturated carbocycles. The number of phenolic OH excluding ortho intramolecular Hbond substituents is 1. The molecule has 0 fully saturated rings. The standard InChI is InChI=1S/C14H14O4/c1-18-13-10-11(8-9-12(13)15)6-4-2-3-5-7-14(16)17/h2-10,15H,1H3,(H,16,17)/b3-2+,6-4+,7-5+. The smallest absolute Gasteiger partial charge is 0.328 e. The number of hydrogen-bond donors (Lipinski definition) is 2. The van der Waals surface area contributed by atoms with Gasteiger partial charge in [0.05, 0.1) is 7.11 Å². The fraction of sp³-hybridized carbons (Fsp3) is 0.0714.